The summed E-state index contributed by atoms with van der Waals surface area (Å²) in [6.45, 7) is 1.50. The van der Waals surface area contributed by atoms with Crippen molar-refractivity contribution >= 4 is 11.6 Å². The third-order valence-electron chi connectivity index (χ3n) is 1.33. The smallest absolute Gasteiger partial charge is 0.122 e. The van der Waals surface area contributed by atoms with Crippen LogP contribution in [0.1, 0.15) is 18.7 Å². The highest BCUT2D eigenvalue weighted by Gasteiger charge is 1.99. The highest BCUT2D eigenvalue weighted by atomic mass is 35.5. The van der Waals surface area contributed by atoms with E-state index in [0.29, 0.717) is 10.6 Å². The fraction of sp³-hybridized carbons (Fsp3) is 0.250. The Morgan fingerprint density at radius 1 is 1.30 bits per heavy atom. The van der Waals surface area contributed by atoms with Crippen LogP contribution in [0.2, 0.25) is 5.02 Å². The Hall–Kier alpha value is -0.560. The normalized spacial score (nSPS) is 13.1. The van der Waals surface area contributed by atoms with Gasteiger partial charge in [-0.3, -0.25) is 0 Å². The molecule has 1 unspecified atom stereocenters. The van der Waals surface area contributed by atoms with Gasteiger partial charge in [-0.2, -0.15) is 0 Å². The van der Waals surface area contributed by atoms with Gasteiger partial charge in [0.05, 0.1) is 0 Å². The van der Waals surface area contributed by atoms with E-state index in [1.54, 1.807) is 24.3 Å². The van der Waals surface area contributed by atoms with Crippen molar-refractivity contribution in [1.82, 2.24) is 0 Å². The Labute approximate surface area is 64.6 Å². The van der Waals surface area contributed by atoms with E-state index in [-0.39, 0.29) is 0 Å². The van der Waals surface area contributed by atoms with Crippen LogP contribution in [0.25, 0.3) is 0 Å². The van der Waals surface area contributed by atoms with Crippen LogP contribution < -0.4 is 0 Å². The number of rotatable bonds is 1. The molecule has 1 atom stereocenters. The Bertz CT molecular complexity index is 203. The number of benzene rings is 1. The van der Waals surface area contributed by atoms with Crippen LogP contribution in [-0.2, 0) is 0 Å². The van der Waals surface area contributed by atoms with Crippen molar-refractivity contribution in [3.05, 3.63) is 34.9 Å². The molecule has 54 valence electrons. The lowest BCUT2D eigenvalue weighted by Gasteiger charge is -1.99. The van der Waals surface area contributed by atoms with E-state index in [1.165, 1.54) is 6.92 Å². The highest BCUT2D eigenvalue weighted by Crippen LogP contribution is 2.18. The summed E-state index contributed by atoms with van der Waals surface area (Å²) in [6, 6.07) is 6.75. The van der Waals surface area contributed by atoms with E-state index in [2.05, 4.69) is 0 Å². The van der Waals surface area contributed by atoms with Crippen LogP contribution >= 0.6 is 11.6 Å². The van der Waals surface area contributed by atoms with Gasteiger partial charge in [0, 0.05) is 5.02 Å². The minimum atomic E-state index is -0.905. The van der Waals surface area contributed by atoms with Crippen LogP contribution in [0.15, 0.2) is 24.3 Å². The molecule has 0 saturated carbocycles. The average molecular weight is 158 g/mol. The summed E-state index contributed by atoms with van der Waals surface area (Å²) in [5.41, 5.74) is 0.671. The first kappa shape index (κ1) is 7.55. The molecule has 1 aromatic carbocycles. The van der Waals surface area contributed by atoms with Gasteiger partial charge in [-0.15, -0.1) is 0 Å². The summed E-state index contributed by atoms with van der Waals surface area (Å²) < 4.78 is 12.5. The van der Waals surface area contributed by atoms with Crippen molar-refractivity contribution in [3.8, 4) is 0 Å². The van der Waals surface area contributed by atoms with E-state index in [9.17, 15) is 4.39 Å². The number of hydrogen-bond acceptors (Lipinski definition) is 0. The monoisotopic (exact) mass is 157 g/mol. The molecule has 0 radical (unpaired) electrons. The third kappa shape index (κ3) is 1.71. The molecule has 0 fully saturated rings. The van der Waals surface area contributed by atoms with Crippen LogP contribution in [0, 0.1) is 0 Å². The lowest BCUT2D eigenvalue weighted by Crippen LogP contribution is -1.82. The fourth-order valence-electron chi connectivity index (χ4n) is 0.728. The van der Waals surface area contributed by atoms with Gasteiger partial charge in [0.15, 0.2) is 0 Å². The topological polar surface area (TPSA) is 0 Å². The van der Waals surface area contributed by atoms with Gasteiger partial charge in [-0.1, -0.05) is 23.7 Å². The Morgan fingerprint density at radius 2 is 1.80 bits per heavy atom. The zero-order valence-corrected chi connectivity index (χ0v) is 6.40. The molecule has 10 heavy (non-hydrogen) atoms. The lowest BCUT2D eigenvalue weighted by molar-refractivity contribution is 0.374. The average Bonchev–Trinajstić information content (AvgIpc) is 1.88. The molecule has 0 aliphatic heterocycles. The number of hydrogen-bond donors (Lipinski definition) is 0. The van der Waals surface area contributed by atoms with E-state index in [4.69, 9.17) is 11.6 Å². The van der Waals surface area contributed by atoms with Crippen molar-refractivity contribution in [2.75, 3.05) is 0 Å². The molecular formula is C8H8ClF. The molecule has 0 nitrogen and oxygen atoms in total. The lowest BCUT2D eigenvalue weighted by atomic mass is 10.1. The molecule has 2 heteroatoms. The standard InChI is InChI=1S/C8H8ClF/c1-6(10)7-2-4-8(9)5-3-7/h2-6H,1H3/i10-1. The summed E-state index contributed by atoms with van der Waals surface area (Å²) in [4.78, 5) is 0. The van der Waals surface area contributed by atoms with Crippen LogP contribution in [0.3, 0.4) is 0 Å². The maximum atomic E-state index is 12.5. The number of alkyl halides is 1. The van der Waals surface area contributed by atoms with E-state index >= 15 is 0 Å². The minimum Gasteiger partial charge on any atom is -0.243 e. The first-order chi connectivity index (χ1) is 4.70. The third-order valence-corrected chi connectivity index (χ3v) is 1.58. The second-order valence-electron chi connectivity index (χ2n) is 2.17. The Balaban J connectivity index is 2.89. The SMILES string of the molecule is CC([18F])c1ccc(Cl)cc1. The summed E-state index contributed by atoms with van der Waals surface area (Å²) in [6.07, 6.45) is -0.905. The molecule has 0 spiro atoms. The molecule has 0 N–H and O–H groups in total. The van der Waals surface area contributed by atoms with Crippen LogP contribution in [-0.4, -0.2) is 0 Å². The van der Waals surface area contributed by atoms with Gasteiger partial charge >= 0.3 is 0 Å². The first-order valence-corrected chi connectivity index (χ1v) is 3.47. The zero-order valence-electron chi connectivity index (χ0n) is 5.64. The van der Waals surface area contributed by atoms with E-state index in [1.807, 2.05) is 0 Å². The fourth-order valence-corrected chi connectivity index (χ4v) is 0.854. The van der Waals surface area contributed by atoms with Crippen LogP contribution in [0.5, 0.6) is 0 Å². The summed E-state index contributed by atoms with van der Waals surface area (Å²) >= 11 is 5.59. The van der Waals surface area contributed by atoms with Crippen molar-refractivity contribution in [2.24, 2.45) is 0 Å². The molecule has 0 aliphatic rings. The van der Waals surface area contributed by atoms with Gasteiger partial charge < -0.3 is 0 Å². The van der Waals surface area contributed by atoms with Crippen molar-refractivity contribution in [2.45, 2.75) is 13.1 Å². The van der Waals surface area contributed by atoms with Gasteiger partial charge in [0.1, 0.15) is 6.17 Å². The van der Waals surface area contributed by atoms with Gasteiger partial charge in [0.2, 0.25) is 0 Å². The first-order valence-electron chi connectivity index (χ1n) is 3.09. The maximum absolute atomic E-state index is 12.5. The molecule has 1 rings (SSSR count). The molecular weight excluding hydrogens is 150 g/mol. The van der Waals surface area contributed by atoms with E-state index < -0.39 is 6.17 Å². The second kappa shape index (κ2) is 3.02. The second-order valence-corrected chi connectivity index (χ2v) is 2.60. The molecule has 0 bridgehead atoms. The molecule has 0 saturated heterocycles. The quantitative estimate of drug-likeness (QED) is 0.587. The maximum Gasteiger partial charge on any atom is 0.122 e. The molecule has 0 heterocycles. The van der Waals surface area contributed by atoms with Gasteiger partial charge in [-0.05, 0) is 24.6 Å². The Kier molecular flexibility index (Phi) is 2.28. The molecule has 0 aliphatic carbocycles. The highest BCUT2D eigenvalue weighted by molar-refractivity contribution is 6.30. The predicted octanol–water partition coefficient (Wildman–Crippen LogP) is 3.37. The minimum absolute atomic E-state index is 0.643. The van der Waals surface area contributed by atoms with Crippen molar-refractivity contribution < 1.29 is 4.39 Å². The summed E-state index contributed by atoms with van der Waals surface area (Å²) in [5, 5.41) is 0.643. The molecule has 0 aromatic heterocycles. The zero-order chi connectivity index (χ0) is 7.56. The largest absolute Gasteiger partial charge is 0.243 e. The number of halogens is 2. The van der Waals surface area contributed by atoms with Crippen molar-refractivity contribution in [1.29, 1.82) is 0 Å². The Morgan fingerprint density at radius 3 is 2.20 bits per heavy atom. The predicted molar refractivity (Wildman–Crippen MR) is 41.0 cm³/mol. The summed E-state index contributed by atoms with van der Waals surface area (Å²) in [7, 11) is 0. The van der Waals surface area contributed by atoms with Gasteiger partial charge in [0.25, 0.3) is 0 Å². The van der Waals surface area contributed by atoms with Crippen molar-refractivity contribution in [3.63, 3.8) is 0 Å². The van der Waals surface area contributed by atoms with Crippen LogP contribution in [0.4, 0.5) is 4.39 Å². The molecule has 1 aromatic rings. The van der Waals surface area contributed by atoms with E-state index in [0.717, 1.165) is 0 Å². The summed E-state index contributed by atoms with van der Waals surface area (Å²) in [5.74, 6) is 0. The molecule has 0 amide bonds. The van der Waals surface area contributed by atoms with Gasteiger partial charge in [-0.25, -0.2) is 4.39 Å².